The van der Waals surface area contributed by atoms with Crippen molar-refractivity contribution in [1.29, 1.82) is 0 Å². The quantitative estimate of drug-likeness (QED) is 0.385. The molecule has 0 rings (SSSR count). The third kappa shape index (κ3) is 11.5. The second-order valence-corrected chi connectivity index (χ2v) is 6.17. The van der Waals surface area contributed by atoms with Crippen LogP contribution in [0.25, 0.3) is 0 Å². The van der Waals surface area contributed by atoms with Gasteiger partial charge in [-0.05, 0) is 18.9 Å². The monoisotopic (exact) mass is 269 g/mol. The Labute approximate surface area is 122 Å². The molecule has 1 heteroatoms. The Balaban J connectivity index is 3.39. The molecule has 0 aliphatic heterocycles. The van der Waals surface area contributed by atoms with E-state index in [1.54, 1.807) is 0 Å². The van der Waals surface area contributed by atoms with E-state index >= 15 is 0 Å². The summed E-state index contributed by atoms with van der Waals surface area (Å²) in [6.45, 7) is 10.3. The average molecular weight is 270 g/mol. The molecule has 19 heavy (non-hydrogen) atoms. The van der Waals surface area contributed by atoms with Gasteiger partial charge < -0.3 is 5.32 Å². The van der Waals surface area contributed by atoms with Crippen LogP contribution in [-0.4, -0.2) is 12.6 Å². The number of hydrogen-bond acceptors (Lipinski definition) is 1. The van der Waals surface area contributed by atoms with Crippen molar-refractivity contribution in [2.75, 3.05) is 6.54 Å². The summed E-state index contributed by atoms with van der Waals surface area (Å²) in [7, 11) is 0. The number of rotatable bonds is 14. The van der Waals surface area contributed by atoms with Crippen molar-refractivity contribution >= 4 is 0 Å². The first kappa shape index (κ1) is 19.0. The minimum Gasteiger partial charge on any atom is -0.314 e. The zero-order chi connectivity index (χ0) is 14.3. The smallest absolute Gasteiger partial charge is 0.00924 e. The standard InChI is InChI=1S/C18H39N/c1-5-8-9-10-11-12-13-14-15-16-18(19-7-3)17(4)6-2/h17-19H,5-16H2,1-4H3. The number of unbranched alkanes of at least 4 members (excludes halogenated alkanes) is 8. The van der Waals surface area contributed by atoms with Crippen LogP contribution in [0.1, 0.15) is 98.3 Å². The predicted molar refractivity (Wildman–Crippen MR) is 88.8 cm³/mol. The lowest BCUT2D eigenvalue weighted by atomic mass is 9.93. The molecule has 0 saturated heterocycles. The molecule has 1 nitrogen and oxygen atoms in total. The van der Waals surface area contributed by atoms with E-state index in [1.165, 1.54) is 70.6 Å². The van der Waals surface area contributed by atoms with Crippen LogP contribution in [0.4, 0.5) is 0 Å². The molecule has 0 amide bonds. The van der Waals surface area contributed by atoms with Gasteiger partial charge in [0.25, 0.3) is 0 Å². The first-order chi connectivity index (χ1) is 9.26. The van der Waals surface area contributed by atoms with E-state index in [9.17, 15) is 0 Å². The molecule has 0 aromatic rings. The van der Waals surface area contributed by atoms with Crippen LogP contribution in [0, 0.1) is 5.92 Å². The lowest BCUT2D eigenvalue weighted by Crippen LogP contribution is -2.34. The number of hydrogen-bond donors (Lipinski definition) is 1. The molecule has 0 fully saturated rings. The summed E-state index contributed by atoms with van der Waals surface area (Å²) in [6.07, 6.45) is 15.6. The van der Waals surface area contributed by atoms with Gasteiger partial charge in [0.2, 0.25) is 0 Å². The van der Waals surface area contributed by atoms with Gasteiger partial charge in [0, 0.05) is 6.04 Å². The normalized spacial score (nSPS) is 14.5. The van der Waals surface area contributed by atoms with Crippen LogP contribution in [0.2, 0.25) is 0 Å². The highest BCUT2D eigenvalue weighted by Gasteiger charge is 2.13. The third-order valence-electron chi connectivity index (χ3n) is 4.42. The summed E-state index contributed by atoms with van der Waals surface area (Å²) in [5.41, 5.74) is 0. The average Bonchev–Trinajstić information content (AvgIpc) is 2.43. The van der Waals surface area contributed by atoms with Gasteiger partial charge in [0.1, 0.15) is 0 Å². The fourth-order valence-corrected chi connectivity index (χ4v) is 2.81. The molecule has 0 spiro atoms. The molecule has 1 N–H and O–H groups in total. The summed E-state index contributed by atoms with van der Waals surface area (Å²) in [5.74, 6) is 0.828. The van der Waals surface area contributed by atoms with Gasteiger partial charge in [0.05, 0.1) is 0 Å². The highest BCUT2D eigenvalue weighted by molar-refractivity contribution is 4.71. The van der Waals surface area contributed by atoms with Crippen molar-refractivity contribution in [2.24, 2.45) is 5.92 Å². The van der Waals surface area contributed by atoms with E-state index < -0.39 is 0 Å². The van der Waals surface area contributed by atoms with Crippen LogP contribution >= 0.6 is 0 Å². The molecule has 0 aliphatic rings. The van der Waals surface area contributed by atoms with E-state index in [0.717, 1.165) is 18.5 Å². The van der Waals surface area contributed by atoms with Gasteiger partial charge in [-0.1, -0.05) is 91.9 Å². The predicted octanol–water partition coefficient (Wildman–Crippen LogP) is 5.93. The van der Waals surface area contributed by atoms with E-state index in [1.807, 2.05) is 0 Å². The molecular weight excluding hydrogens is 230 g/mol. The highest BCUT2D eigenvalue weighted by Crippen LogP contribution is 2.16. The van der Waals surface area contributed by atoms with Gasteiger partial charge in [0.15, 0.2) is 0 Å². The Morgan fingerprint density at radius 2 is 1.26 bits per heavy atom. The maximum Gasteiger partial charge on any atom is 0.00924 e. The zero-order valence-corrected chi connectivity index (χ0v) is 14.1. The fraction of sp³-hybridized carbons (Fsp3) is 1.00. The summed E-state index contributed by atoms with van der Waals surface area (Å²) >= 11 is 0. The summed E-state index contributed by atoms with van der Waals surface area (Å²) < 4.78 is 0. The van der Waals surface area contributed by atoms with Gasteiger partial charge in [-0.3, -0.25) is 0 Å². The maximum atomic E-state index is 3.66. The van der Waals surface area contributed by atoms with Crippen LogP contribution in [0.5, 0.6) is 0 Å². The van der Waals surface area contributed by atoms with Crippen molar-refractivity contribution < 1.29 is 0 Å². The Morgan fingerprint density at radius 3 is 1.74 bits per heavy atom. The molecular formula is C18H39N. The van der Waals surface area contributed by atoms with E-state index in [0.29, 0.717) is 0 Å². The molecule has 0 saturated carbocycles. The molecule has 2 atom stereocenters. The highest BCUT2D eigenvalue weighted by atomic mass is 14.9. The Hall–Kier alpha value is -0.0400. The number of nitrogens with one attached hydrogen (secondary N) is 1. The maximum absolute atomic E-state index is 3.66. The van der Waals surface area contributed by atoms with Crippen LogP contribution in [0.15, 0.2) is 0 Å². The SMILES string of the molecule is CCCCCCCCCCCC(NCC)C(C)CC. The van der Waals surface area contributed by atoms with Crippen LogP contribution < -0.4 is 5.32 Å². The second kappa shape index (κ2) is 14.4. The Morgan fingerprint density at radius 1 is 0.737 bits per heavy atom. The van der Waals surface area contributed by atoms with Crippen molar-refractivity contribution in [3.8, 4) is 0 Å². The zero-order valence-electron chi connectivity index (χ0n) is 14.1. The largest absolute Gasteiger partial charge is 0.314 e. The molecule has 0 aliphatic carbocycles. The first-order valence-corrected chi connectivity index (χ1v) is 8.99. The molecule has 0 aromatic heterocycles. The van der Waals surface area contributed by atoms with Crippen molar-refractivity contribution in [3.63, 3.8) is 0 Å². The fourth-order valence-electron chi connectivity index (χ4n) is 2.81. The topological polar surface area (TPSA) is 12.0 Å². The Kier molecular flexibility index (Phi) is 14.3. The molecule has 0 aromatic carbocycles. The Bertz CT molecular complexity index is 167. The van der Waals surface area contributed by atoms with E-state index in [4.69, 9.17) is 0 Å². The third-order valence-corrected chi connectivity index (χ3v) is 4.42. The minimum atomic E-state index is 0.750. The van der Waals surface area contributed by atoms with Crippen LogP contribution in [0.3, 0.4) is 0 Å². The lowest BCUT2D eigenvalue weighted by Gasteiger charge is -2.23. The van der Waals surface area contributed by atoms with Gasteiger partial charge in [-0.15, -0.1) is 0 Å². The first-order valence-electron chi connectivity index (χ1n) is 8.99. The lowest BCUT2D eigenvalue weighted by molar-refractivity contribution is 0.342. The van der Waals surface area contributed by atoms with Crippen LogP contribution in [-0.2, 0) is 0 Å². The van der Waals surface area contributed by atoms with Gasteiger partial charge in [-0.2, -0.15) is 0 Å². The van der Waals surface area contributed by atoms with Gasteiger partial charge >= 0.3 is 0 Å². The second-order valence-electron chi connectivity index (χ2n) is 6.17. The van der Waals surface area contributed by atoms with Crippen molar-refractivity contribution in [2.45, 2.75) is 104 Å². The van der Waals surface area contributed by atoms with Crippen molar-refractivity contribution in [3.05, 3.63) is 0 Å². The van der Waals surface area contributed by atoms with E-state index in [-0.39, 0.29) is 0 Å². The van der Waals surface area contributed by atoms with E-state index in [2.05, 4.69) is 33.0 Å². The summed E-state index contributed by atoms with van der Waals surface area (Å²) in [5, 5.41) is 3.66. The van der Waals surface area contributed by atoms with Crippen molar-refractivity contribution in [1.82, 2.24) is 5.32 Å². The van der Waals surface area contributed by atoms with Gasteiger partial charge in [-0.25, -0.2) is 0 Å². The summed E-state index contributed by atoms with van der Waals surface area (Å²) in [4.78, 5) is 0. The minimum absolute atomic E-state index is 0.750. The summed E-state index contributed by atoms with van der Waals surface area (Å²) in [6, 6.07) is 0.750. The molecule has 0 radical (unpaired) electrons. The molecule has 0 heterocycles. The molecule has 116 valence electrons. The molecule has 2 unspecified atom stereocenters. The molecule has 0 bridgehead atoms.